The van der Waals surface area contributed by atoms with Crippen LogP contribution >= 0.6 is 0 Å². The Hall–Kier alpha value is -1.06. The van der Waals surface area contributed by atoms with Crippen molar-refractivity contribution in [2.45, 2.75) is 6.92 Å². The summed E-state index contributed by atoms with van der Waals surface area (Å²) in [5.74, 6) is 0.710. The smallest absolute Gasteiger partial charge is 0.112 e. The third kappa shape index (κ3) is 6.29. The van der Waals surface area contributed by atoms with E-state index in [0.717, 1.165) is 38.3 Å². The third-order valence-electron chi connectivity index (χ3n) is 2.84. The minimum Gasteiger partial charge on any atom is -0.493 e. The normalized spacial score (nSPS) is 18.5. The van der Waals surface area contributed by atoms with Crippen LogP contribution in [0, 0.1) is 0 Å². The number of likely N-dealkylation sites (N-methyl/N-ethyl adjacent to an activating group) is 1. The van der Waals surface area contributed by atoms with Crippen LogP contribution in [-0.2, 0) is 4.74 Å². The second-order valence-electron chi connectivity index (χ2n) is 4.64. The lowest BCUT2D eigenvalue weighted by Crippen LogP contribution is -2.45. The molecule has 0 aromatic heterocycles. The first-order valence-electron chi connectivity index (χ1n) is 6.14. The Bertz CT molecular complexity index is 289. The fraction of sp³-hybridized carbons (Fsp3) is 0.571. The van der Waals surface area contributed by atoms with E-state index in [1.54, 1.807) is 0 Å². The van der Waals surface area contributed by atoms with Gasteiger partial charge in [0.1, 0.15) is 12.4 Å². The van der Waals surface area contributed by atoms with Crippen LogP contribution in [0.25, 0.3) is 0 Å². The van der Waals surface area contributed by atoms with E-state index in [4.69, 9.17) is 4.74 Å². The van der Waals surface area contributed by atoms with E-state index in [2.05, 4.69) is 30.0 Å². The van der Waals surface area contributed by atoms with Crippen molar-refractivity contribution in [2.24, 2.45) is 0 Å². The monoisotopic (exact) mass is 236 g/mol. The Balaban J connectivity index is 2.11. The summed E-state index contributed by atoms with van der Waals surface area (Å²) >= 11 is 0. The van der Waals surface area contributed by atoms with Gasteiger partial charge in [0.15, 0.2) is 0 Å². The van der Waals surface area contributed by atoms with Crippen LogP contribution in [0.2, 0.25) is 0 Å². The van der Waals surface area contributed by atoms with Gasteiger partial charge in [0.05, 0.1) is 0 Å². The number of ether oxygens (including phenoxy) is 1. The molecule has 1 aliphatic rings. The van der Waals surface area contributed by atoms with Crippen molar-refractivity contribution in [1.29, 1.82) is 0 Å². The average Bonchev–Trinajstić information content (AvgIpc) is 2.29. The van der Waals surface area contributed by atoms with Crippen molar-refractivity contribution in [2.75, 3.05) is 46.4 Å². The summed E-state index contributed by atoms with van der Waals surface area (Å²) in [6.45, 7) is 15.8. The van der Waals surface area contributed by atoms with Gasteiger partial charge in [-0.2, -0.15) is 0 Å². The van der Waals surface area contributed by atoms with E-state index in [1.807, 2.05) is 19.1 Å². The molecule has 0 aromatic rings. The van der Waals surface area contributed by atoms with Crippen LogP contribution in [0.5, 0.6) is 0 Å². The number of rotatable bonds is 6. The van der Waals surface area contributed by atoms with Crippen LogP contribution in [0.1, 0.15) is 6.92 Å². The van der Waals surface area contributed by atoms with Crippen molar-refractivity contribution in [1.82, 2.24) is 9.80 Å². The highest BCUT2D eigenvalue weighted by molar-refractivity contribution is 5.19. The molecule has 1 heterocycles. The molecular formula is C14H24N2O. The van der Waals surface area contributed by atoms with Gasteiger partial charge in [-0.1, -0.05) is 24.8 Å². The molecule has 1 rings (SSSR count). The fourth-order valence-corrected chi connectivity index (χ4v) is 1.66. The second-order valence-corrected chi connectivity index (χ2v) is 4.64. The zero-order valence-electron chi connectivity index (χ0n) is 11.1. The summed E-state index contributed by atoms with van der Waals surface area (Å²) in [5.41, 5.74) is 1.01. The number of hydrogen-bond donors (Lipinski definition) is 0. The summed E-state index contributed by atoms with van der Waals surface area (Å²) < 4.78 is 5.54. The maximum absolute atomic E-state index is 5.54. The molecule has 3 nitrogen and oxygen atoms in total. The van der Waals surface area contributed by atoms with Crippen LogP contribution in [0.3, 0.4) is 0 Å². The van der Waals surface area contributed by atoms with Gasteiger partial charge in [-0.25, -0.2) is 0 Å². The van der Waals surface area contributed by atoms with Crippen LogP contribution in [0.15, 0.2) is 36.6 Å². The quantitative estimate of drug-likeness (QED) is 0.517. The van der Waals surface area contributed by atoms with Crippen LogP contribution in [-0.4, -0.2) is 56.2 Å². The van der Waals surface area contributed by atoms with Crippen molar-refractivity contribution < 1.29 is 4.74 Å². The predicted molar refractivity (Wildman–Crippen MR) is 73.0 cm³/mol. The fourth-order valence-electron chi connectivity index (χ4n) is 1.66. The van der Waals surface area contributed by atoms with Gasteiger partial charge in [0.25, 0.3) is 0 Å². The highest BCUT2D eigenvalue weighted by Crippen LogP contribution is 2.02. The Labute approximate surface area is 105 Å². The summed E-state index contributed by atoms with van der Waals surface area (Å²) in [5, 5.41) is 0. The molecule has 0 spiro atoms. The van der Waals surface area contributed by atoms with E-state index >= 15 is 0 Å². The van der Waals surface area contributed by atoms with Gasteiger partial charge in [-0.15, -0.1) is 0 Å². The van der Waals surface area contributed by atoms with E-state index in [0.29, 0.717) is 12.4 Å². The maximum atomic E-state index is 5.54. The lowest BCUT2D eigenvalue weighted by molar-refractivity contribution is 0.116. The first kappa shape index (κ1) is 14.0. The standard InChI is InChI=1S/C14H24N2O/c1-13(2)5-6-14(3)17-12-11-16-9-7-15(4)8-10-16/h5-6H,1,3,7-12H2,2,4H3/b6-5-. The lowest BCUT2D eigenvalue weighted by atomic mass is 10.3. The number of piperazine rings is 1. The SMILES string of the molecule is C=C(C)/C=C\C(=C)OCCN1CCN(C)CC1. The molecule has 0 radical (unpaired) electrons. The Morgan fingerprint density at radius 1 is 1.18 bits per heavy atom. The topological polar surface area (TPSA) is 15.7 Å². The largest absolute Gasteiger partial charge is 0.493 e. The van der Waals surface area contributed by atoms with Gasteiger partial charge < -0.3 is 9.64 Å². The number of hydrogen-bond acceptors (Lipinski definition) is 3. The Kier molecular flexibility index (Phi) is 6.01. The molecule has 0 atom stereocenters. The van der Waals surface area contributed by atoms with Crippen molar-refractivity contribution >= 4 is 0 Å². The number of nitrogens with zero attached hydrogens (tertiary/aromatic N) is 2. The van der Waals surface area contributed by atoms with Gasteiger partial charge in [0, 0.05) is 32.7 Å². The van der Waals surface area contributed by atoms with Gasteiger partial charge in [-0.3, -0.25) is 4.90 Å². The van der Waals surface area contributed by atoms with E-state index in [1.165, 1.54) is 0 Å². The molecule has 0 saturated carbocycles. The van der Waals surface area contributed by atoms with Crippen LogP contribution < -0.4 is 0 Å². The molecule has 0 bridgehead atoms. The minimum absolute atomic E-state index is 0.710. The van der Waals surface area contributed by atoms with Crippen molar-refractivity contribution in [3.63, 3.8) is 0 Å². The molecular weight excluding hydrogens is 212 g/mol. The summed E-state index contributed by atoms with van der Waals surface area (Å²) in [6, 6.07) is 0. The average molecular weight is 236 g/mol. The molecule has 0 amide bonds. The van der Waals surface area contributed by atoms with Gasteiger partial charge in [-0.05, 0) is 20.0 Å². The van der Waals surface area contributed by atoms with E-state index in [-0.39, 0.29) is 0 Å². The lowest BCUT2D eigenvalue weighted by Gasteiger charge is -2.32. The second kappa shape index (κ2) is 7.30. The zero-order valence-corrected chi connectivity index (χ0v) is 11.1. The van der Waals surface area contributed by atoms with Gasteiger partial charge in [0.2, 0.25) is 0 Å². The molecule has 1 saturated heterocycles. The molecule has 1 aliphatic heterocycles. The molecule has 96 valence electrons. The van der Waals surface area contributed by atoms with Crippen molar-refractivity contribution in [3.8, 4) is 0 Å². The summed E-state index contributed by atoms with van der Waals surface area (Å²) in [4.78, 5) is 4.78. The molecule has 0 unspecified atom stereocenters. The summed E-state index contributed by atoms with van der Waals surface area (Å²) in [6.07, 6.45) is 3.78. The zero-order chi connectivity index (χ0) is 12.7. The minimum atomic E-state index is 0.710. The summed E-state index contributed by atoms with van der Waals surface area (Å²) in [7, 11) is 2.16. The molecule has 1 fully saturated rings. The van der Waals surface area contributed by atoms with E-state index < -0.39 is 0 Å². The molecule has 17 heavy (non-hydrogen) atoms. The van der Waals surface area contributed by atoms with E-state index in [9.17, 15) is 0 Å². The highest BCUT2D eigenvalue weighted by atomic mass is 16.5. The first-order chi connectivity index (χ1) is 8.08. The van der Waals surface area contributed by atoms with Crippen molar-refractivity contribution in [3.05, 3.63) is 36.6 Å². The highest BCUT2D eigenvalue weighted by Gasteiger charge is 2.12. The first-order valence-corrected chi connectivity index (χ1v) is 6.14. The predicted octanol–water partition coefficient (Wildman–Crippen LogP) is 1.90. The molecule has 0 aromatic carbocycles. The number of allylic oxidation sites excluding steroid dienone is 3. The third-order valence-corrected chi connectivity index (χ3v) is 2.84. The van der Waals surface area contributed by atoms with Gasteiger partial charge >= 0.3 is 0 Å². The molecule has 0 aliphatic carbocycles. The Morgan fingerprint density at radius 2 is 1.82 bits per heavy atom. The Morgan fingerprint density at radius 3 is 2.41 bits per heavy atom. The maximum Gasteiger partial charge on any atom is 0.112 e. The molecule has 0 N–H and O–H groups in total. The molecule has 3 heteroatoms. The van der Waals surface area contributed by atoms with Crippen LogP contribution in [0.4, 0.5) is 0 Å².